The molecule has 4 nitrogen and oxygen atoms in total. The molecule has 0 unspecified atom stereocenters. The van der Waals surface area contributed by atoms with Crippen LogP contribution < -0.4 is 5.56 Å². The lowest BCUT2D eigenvalue weighted by molar-refractivity contribution is 0.0696. The van der Waals surface area contributed by atoms with Crippen molar-refractivity contribution < 1.29 is 9.90 Å². The summed E-state index contributed by atoms with van der Waals surface area (Å²) in [6.07, 6.45) is 3.31. The maximum absolute atomic E-state index is 11.3. The minimum absolute atomic E-state index is 0.144. The third-order valence-corrected chi connectivity index (χ3v) is 2.36. The molecule has 1 heterocycles. The first-order valence-corrected chi connectivity index (χ1v) is 5.47. The number of aromatic nitrogens is 1. The summed E-state index contributed by atoms with van der Waals surface area (Å²) < 4.78 is 1.42. The van der Waals surface area contributed by atoms with Crippen LogP contribution in [-0.4, -0.2) is 27.7 Å². The van der Waals surface area contributed by atoms with Crippen LogP contribution in [0.3, 0.4) is 0 Å². The van der Waals surface area contributed by atoms with Gasteiger partial charge in [-0.1, -0.05) is 0 Å². The van der Waals surface area contributed by atoms with E-state index in [9.17, 15) is 9.59 Å². The molecule has 0 spiro atoms. The van der Waals surface area contributed by atoms with Crippen LogP contribution in [0, 0.1) is 0 Å². The SMILES string of the molecule is CSCCn1cc(C(=O)O)ccc1=O. The van der Waals surface area contributed by atoms with Crippen LogP contribution in [0.4, 0.5) is 0 Å². The highest BCUT2D eigenvalue weighted by Gasteiger charge is 2.04. The first kappa shape index (κ1) is 10.8. The Bertz CT molecular complexity index is 386. The summed E-state index contributed by atoms with van der Waals surface area (Å²) >= 11 is 1.61. The molecular weight excluding hydrogens is 202 g/mol. The minimum Gasteiger partial charge on any atom is -0.478 e. The summed E-state index contributed by atoms with van der Waals surface area (Å²) in [7, 11) is 0. The average molecular weight is 213 g/mol. The van der Waals surface area contributed by atoms with Crippen LogP contribution in [0.2, 0.25) is 0 Å². The summed E-state index contributed by atoms with van der Waals surface area (Å²) in [5, 5.41) is 8.70. The molecule has 14 heavy (non-hydrogen) atoms. The number of thioether (sulfide) groups is 1. The van der Waals surface area contributed by atoms with Crippen LogP contribution in [0.25, 0.3) is 0 Å². The van der Waals surface area contributed by atoms with Crippen molar-refractivity contribution >= 4 is 17.7 Å². The first-order valence-electron chi connectivity index (χ1n) is 4.08. The Morgan fingerprint density at radius 3 is 2.86 bits per heavy atom. The third-order valence-electron chi connectivity index (χ3n) is 1.77. The predicted octanol–water partition coefficient (Wildman–Crippen LogP) is 0.909. The van der Waals surface area contributed by atoms with E-state index >= 15 is 0 Å². The van der Waals surface area contributed by atoms with Crippen molar-refractivity contribution in [2.45, 2.75) is 6.54 Å². The van der Waals surface area contributed by atoms with E-state index in [2.05, 4.69) is 0 Å². The van der Waals surface area contributed by atoms with Gasteiger partial charge in [0.1, 0.15) is 0 Å². The maximum atomic E-state index is 11.3. The fraction of sp³-hybridized carbons (Fsp3) is 0.333. The Labute approximate surface area is 85.6 Å². The minimum atomic E-state index is -1.01. The molecule has 1 rings (SSSR count). The molecule has 0 aliphatic rings. The monoisotopic (exact) mass is 213 g/mol. The molecule has 0 saturated heterocycles. The summed E-state index contributed by atoms with van der Waals surface area (Å²) in [6.45, 7) is 0.543. The molecule has 5 heteroatoms. The van der Waals surface area contributed by atoms with E-state index in [4.69, 9.17) is 5.11 Å². The number of aromatic carboxylic acids is 1. The Hall–Kier alpha value is -1.23. The fourth-order valence-corrected chi connectivity index (χ4v) is 1.40. The molecule has 0 aliphatic heterocycles. The highest BCUT2D eigenvalue weighted by atomic mass is 32.2. The molecule has 0 radical (unpaired) electrons. The van der Waals surface area contributed by atoms with Gasteiger partial charge in [0.2, 0.25) is 0 Å². The van der Waals surface area contributed by atoms with Gasteiger partial charge < -0.3 is 9.67 Å². The number of carboxylic acid groups (broad SMARTS) is 1. The van der Waals surface area contributed by atoms with Crippen molar-refractivity contribution in [2.75, 3.05) is 12.0 Å². The lowest BCUT2D eigenvalue weighted by atomic mass is 10.3. The molecule has 0 aliphatic carbocycles. The van der Waals surface area contributed by atoms with E-state index in [0.29, 0.717) is 6.54 Å². The smallest absolute Gasteiger partial charge is 0.337 e. The van der Waals surface area contributed by atoms with Gasteiger partial charge in [-0.3, -0.25) is 4.79 Å². The molecule has 0 aromatic carbocycles. The van der Waals surface area contributed by atoms with Gasteiger partial charge in [0.05, 0.1) is 5.56 Å². The summed E-state index contributed by atoms with van der Waals surface area (Å²) in [5.41, 5.74) is -0.0187. The number of hydrogen-bond donors (Lipinski definition) is 1. The molecule has 1 aromatic heterocycles. The first-order chi connectivity index (χ1) is 6.65. The van der Waals surface area contributed by atoms with E-state index in [1.165, 1.54) is 22.9 Å². The number of rotatable bonds is 4. The van der Waals surface area contributed by atoms with Crippen LogP contribution in [-0.2, 0) is 6.54 Å². The van der Waals surface area contributed by atoms with Crippen LogP contribution >= 0.6 is 11.8 Å². The Kier molecular flexibility index (Phi) is 3.76. The quantitative estimate of drug-likeness (QED) is 0.807. The van der Waals surface area contributed by atoms with Crippen molar-refractivity contribution in [3.63, 3.8) is 0 Å². The van der Waals surface area contributed by atoms with Gasteiger partial charge in [0, 0.05) is 24.6 Å². The second-order valence-corrected chi connectivity index (χ2v) is 3.73. The highest BCUT2D eigenvalue weighted by Crippen LogP contribution is 1.98. The summed E-state index contributed by atoms with van der Waals surface area (Å²) in [4.78, 5) is 21.9. The molecule has 76 valence electrons. The normalized spacial score (nSPS) is 10.1. The number of pyridine rings is 1. The third kappa shape index (κ3) is 2.63. The van der Waals surface area contributed by atoms with E-state index in [-0.39, 0.29) is 11.1 Å². The highest BCUT2D eigenvalue weighted by molar-refractivity contribution is 7.98. The molecule has 0 bridgehead atoms. The van der Waals surface area contributed by atoms with Gasteiger partial charge >= 0.3 is 5.97 Å². The number of hydrogen-bond acceptors (Lipinski definition) is 3. The zero-order valence-corrected chi connectivity index (χ0v) is 8.58. The van der Waals surface area contributed by atoms with Crippen molar-refractivity contribution in [1.29, 1.82) is 0 Å². The molecule has 1 aromatic rings. The number of carbonyl (C=O) groups is 1. The van der Waals surface area contributed by atoms with E-state index < -0.39 is 5.97 Å². The standard InChI is InChI=1S/C9H11NO3S/c1-14-5-4-10-6-7(9(12)13)2-3-8(10)11/h2-3,6H,4-5H2,1H3,(H,12,13). The second kappa shape index (κ2) is 4.85. The lowest BCUT2D eigenvalue weighted by Gasteiger charge is -2.04. The van der Waals surface area contributed by atoms with Crippen molar-refractivity contribution in [2.24, 2.45) is 0 Å². The molecule has 1 N–H and O–H groups in total. The predicted molar refractivity (Wildman–Crippen MR) is 56.0 cm³/mol. The zero-order valence-electron chi connectivity index (χ0n) is 7.77. The Morgan fingerprint density at radius 2 is 2.29 bits per heavy atom. The summed E-state index contributed by atoms with van der Waals surface area (Å²) in [5.74, 6) is -0.217. The number of carboxylic acids is 1. The lowest BCUT2D eigenvalue weighted by Crippen LogP contribution is -2.21. The summed E-state index contributed by atoms with van der Waals surface area (Å²) in [6, 6.07) is 2.60. The van der Waals surface area contributed by atoms with Crippen LogP contribution in [0.1, 0.15) is 10.4 Å². The second-order valence-electron chi connectivity index (χ2n) is 2.75. The topological polar surface area (TPSA) is 59.3 Å². The van der Waals surface area contributed by atoms with Gasteiger partial charge in [-0.05, 0) is 12.3 Å². The zero-order chi connectivity index (χ0) is 10.6. The molecule has 0 fully saturated rings. The Balaban J connectivity index is 2.96. The van der Waals surface area contributed by atoms with Gasteiger partial charge in [-0.25, -0.2) is 4.79 Å². The van der Waals surface area contributed by atoms with Gasteiger partial charge in [0.15, 0.2) is 0 Å². The molecule has 0 atom stereocenters. The van der Waals surface area contributed by atoms with Gasteiger partial charge in [0.25, 0.3) is 5.56 Å². The average Bonchev–Trinajstić information content (AvgIpc) is 2.16. The van der Waals surface area contributed by atoms with Crippen molar-refractivity contribution in [1.82, 2.24) is 4.57 Å². The van der Waals surface area contributed by atoms with Crippen LogP contribution in [0.15, 0.2) is 23.1 Å². The van der Waals surface area contributed by atoms with Crippen molar-refractivity contribution in [3.8, 4) is 0 Å². The van der Waals surface area contributed by atoms with E-state index in [0.717, 1.165) is 5.75 Å². The number of aryl methyl sites for hydroxylation is 1. The van der Waals surface area contributed by atoms with Gasteiger partial charge in [-0.15, -0.1) is 0 Å². The van der Waals surface area contributed by atoms with Crippen LogP contribution in [0.5, 0.6) is 0 Å². The largest absolute Gasteiger partial charge is 0.478 e. The molecule has 0 amide bonds. The number of nitrogens with zero attached hydrogens (tertiary/aromatic N) is 1. The molecular formula is C9H11NO3S. The molecule has 0 saturated carbocycles. The fourth-order valence-electron chi connectivity index (χ4n) is 1.02. The van der Waals surface area contributed by atoms with E-state index in [1.54, 1.807) is 11.8 Å². The Morgan fingerprint density at radius 1 is 1.57 bits per heavy atom. The van der Waals surface area contributed by atoms with Gasteiger partial charge in [-0.2, -0.15) is 11.8 Å². The van der Waals surface area contributed by atoms with Crippen molar-refractivity contribution in [3.05, 3.63) is 34.2 Å². The maximum Gasteiger partial charge on any atom is 0.337 e. The van der Waals surface area contributed by atoms with E-state index in [1.807, 2.05) is 6.26 Å².